The summed E-state index contributed by atoms with van der Waals surface area (Å²) in [5.74, 6) is 0.383. The SMILES string of the molecule is Cl.Cl.Oc1cc(O)c([C@@H](C2CC2)N2CCNCC2)c(O)c1. The topological polar surface area (TPSA) is 76.0 Å². The molecule has 0 bridgehead atoms. The number of nitrogens with zero attached hydrogens (tertiary/aromatic N) is 1. The van der Waals surface area contributed by atoms with Crippen LogP contribution in [0.15, 0.2) is 12.1 Å². The molecule has 120 valence electrons. The van der Waals surface area contributed by atoms with E-state index in [1.54, 1.807) is 0 Å². The molecule has 1 heterocycles. The second-order valence-electron chi connectivity index (χ2n) is 5.47. The van der Waals surface area contributed by atoms with E-state index in [2.05, 4.69) is 10.2 Å². The van der Waals surface area contributed by atoms with Gasteiger partial charge < -0.3 is 20.6 Å². The van der Waals surface area contributed by atoms with Gasteiger partial charge in [-0.1, -0.05) is 0 Å². The molecule has 0 unspecified atom stereocenters. The molecular weight excluding hydrogens is 315 g/mol. The number of benzene rings is 1. The number of aromatic hydroxyl groups is 3. The van der Waals surface area contributed by atoms with Crippen molar-refractivity contribution in [2.24, 2.45) is 5.92 Å². The third-order valence-electron chi connectivity index (χ3n) is 4.03. The summed E-state index contributed by atoms with van der Waals surface area (Å²) >= 11 is 0. The van der Waals surface area contributed by atoms with E-state index >= 15 is 0 Å². The molecule has 21 heavy (non-hydrogen) atoms. The van der Waals surface area contributed by atoms with E-state index in [-0.39, 0.29) is 48.1 Å². The molecular formula is C14H22Cl2N2O3. The van der Waals surface area contributed by atoms with Gasteiger partial charge in [-0.15, -0.1) is 24.8 Å². The highest BCUT2D eigenvalue weighted by molar-refractivity contribution is 5.85. The summed E-state index contributed by atoms with van der Waals surface area (Å²) in [4.78, 5) is 2.32. The first-order valence-electron chi connectivity index (χ1n) is 6.86. The number of hydrogen-bond acceptors (Lipinski definition) is 5. The molecule has 0 spiro atoms. The van der Waals surface area contributed by atoms with Gasteiger partial charge >= 0.3 is 0 Å². The van der Waals surface area contributed by atoms with Gasteiger partial charge in [-0.2, -0.15) is 0 Å². The lowest BCUT2D eigenvalue weighted by Crippen LogP contribution is -2.45. The minimum atomic E-state index is -0.103. The summed E-state index contributed by atoms with van der Waals surface area (Å²) in [5, 5.41) is 32.9. The van der Waals surface area contributed by atoms with Gasteiger partial charge in [-0.05, 0) is 18.8 Å². The Hall–Kier alpha value is -0.880. The highest BCUT2D eigenvalue weighted by atomic mass is 35.5. The van der Waals surface area contributed by atoms with Crippen molar-refractivity contribution in [2.45, 2.75) is 18.9 Å². The molecule has 0 aromatic heterocycles. The predicted molar refractivity (Wildman–Crippen MR) is 85.8 cm³/mol. The Morgan fingerprint density at radius 3 is 2.00 bits per heavy atom. The summed E-state index contributed by atoms with van der Waals surface area (Å²) in [5.41, 5.74) is 0.571. The minimum Gasteiger partial charge on any atom is -0.508 e. The number of phenols is 3. The van der Waals surface area contributed by atoms with Crippen molar-refractivity contribution in [1.29, 1.82) is 0 Å². The second-order valence-corrected chi connectivity index (χ2v) is 5.47. The minimum absolute atomic E-state index is 0. The fourth-order valence-electron chi connectivity index (χ4n) is 3.00. The number of halogens is 2. The average Bonchev–Trinajstić information content (AvgIpc) is 3.18. The van der Waals surface area contributed by atoms with Gasteiger partial charge in [-0.25, -0.2) is 0 Å². The van der Waals surface area contributed by atoms with E-state index in [4.69, 9.17) is 0 Å². The smallest absolute Gasteiger partial charge is 0.127 e. The van der Waals surface area contributed by atoms with Crippen molar-refractivity contribution >= 4 is 24.8 Å². The Balaban J connectivity index is 0.00000110. The molecule has 0 amide bonds. The van der Waals surface area contributed by atoms with Crippen LogP contribution in [0.2, 0.25) is 0 Å². The normalized spacial score (nSPS) is 20.2. The van der Waals surface area contributed by atoms with Gasteiger partial charge in [0.2, 0.25) is 0 Å². The zero-order valence-corrected chi connectivity index (χ0v) is 13.3. The molecule has 1 saturated carbocycles. The highest BCUT2D eigenvalue weighted by Crippen LogP contribution is 2.50. The van der Waals surface area contributed by atoms with Crippen LogP contribution in [-0.2, 0) is 0 Å². The highest BCUT2D eigenvalue weighted by Gasteiger charge is 2.39. The molecule has 4 N–H and O–H groups in total. The van der Waals surface area contributed by atoms with Crippen molar-refractivity contribution in [3.8, 4) is 17.2 Å². The summed E-state index contributed by atoms with van der Waals surface area (Å²) in [7, 11) is 0. The van der Waals surface area contributed by atoms with E-state index in [0.29, 0.717) is 11.5 Å². The van der Waals surface area contributed by atoms with E-state index in [1.165, 1.54) is 12.1 Å². The number of piperazine rings is 1. The monoisotopic (exact) mass is 336 g/mol. The second kappa shape index (κ2) is 7.40. The summed E-state index contributed by atoms with van der Waals surface area (Å²) in [6.07, 6.45) is 2.27. The van der Waals surface area contributed by atoms with Crippen LogP contribution < -0.4 is 5.32 Å². The Morgan fingerprint density at radius 1 is 1.00 bits per heavy atom. The van der Waals surface area contributed by atoms with Gasteiger partial charge in [0.25, 0.3) is 0 Å². The molecule has 0 radical (unpaired) electrons. The Bertz CT molecular complexity index is 454. The largest absolute Gasteiger partial charge is 0.508 e. The molecule has 1 aliphatic heterocycles. The first-order chi connectivity index (χ1) is 9.16. The maximum Gasteiger partial charge on any atom is 0.127 e. The molecule has 2 fully saturated rings. The number of hydrogen-bond donors (Lipinski definition) is 4. The fraction of sp³-hybridized carbons (Fsp3) is 0.571. The Kier molecular flexibility index (Phi) is 6.41. The maximum atomic E-state index is 10.1. The average molecular weight is 337 g/mol. The molecule has 1 aromatic rings. The lowest BCUT2D eigenvalue weighted by Gasteiger charge is -2.36. The van der Waals surface area contributed by atoms with Crippen LogP contribution in [0.1, 0.15) is 24.4 Å². The van der Waals surface area contributed by atoms with Crippen molar-refractivity contribution in [3.05, 3.63) is 17.7 Å². The van der Waals surface area contributed by atoms with Crippen LogP contribution in [0.25, 0.3) is 0 Å². The molecule has 3 rings (SSSR count). The Morgan fingerprint density at radius 2 is 1.52 bits per heavy atom. The fourth-order valence-corrected chi connectivity index (χ4v) is 3.00. The van der Waals surface area contributed by atoms with Gasteiger partial charge in [-0.3, -0.25) is 4.90 Å². The van der Waals surface area contributed by atoms with Crippen LogP contribution in [0.5, 0.6) is 17.2 Å². The van der Waals surface area contributed by atoms with Crippen LogP contribution >= 0.6 is 24.8 Å². The van der Waals surface area contributed by atoms with Crippen LogP contribution in [0, 0.1) is 5.92 Å². The summed E-state index contributed by atoms with van der Waals surface area (Å²) in [6, 6.07) is 2.68. The number of nitrogens with one attached hydrogen (secondary N) is 1. The van der Waals surface area contributed by atoms with E-state index in [0.717, 1.165) is 39.0 Å². The zero-order chi connectivity index (χ0) is 13.4. The van der Waals surface area contributed by atoms with Crippen molar-refractivity contribution in [2.75, 3.05) is 26.2 Å². The van der Waals surface area contributed by atoms with Gasteiger partial charge in [0, 0.05) is 44.4 Å². The Labute approximate surface area is 136 Å². The molecule has 1 saturated heterocycles. The number of phenolic OH excluding ortho intramolecular Hbond substituents is 3. The summed E-state index contributed by atoms with van der Waals surface area (Å²) < 4.78 is 0. The molecule has 1 aliphatic carbocycles. The molecule has 7 heteroatoms. The molecule has 1 aromatic carbocycles. The van der Waals surface area contributed by atoms with Crippen LogP contribution in [0.3, 0.4) is 0 Å². The van der Waals surface area contributed by atoms with E-state index in [9.17, 15) is 15.3 Å². The number of rotatable bonds is 3. The molecule has 1 atom stereocenters. The first-order valence-corrected chi connectivity index (χ1v) is 6.86. The van der Waals surface area contributed by atoms with Gasteiger partial charge in [0.05, 0.1) is 5.56 Å². The van der Waals surface area contributed by atoms with Crippen molar-refractivity contribution in [3.63, 3.8) is 0 Å². The van der Waals surface area contributed by atoms with Crippen LogP contribution in [0.4, 0.5) is 0 Å². The zero-order valence-electron chi connectivity index (χ0n) is 11.7. The van der Waals surface area contributed by atoms with E-state index in [1.807, 2.05) is 0 Å². The quantitative estimate of drug-likeness (QED) is 0.679. The maximum absolute atomic E-state index is 10.1. The molecule has 2 aliphatic rings. The van der Waals surface area contributed by atoms with Gasteiger partial charge in [0.15, 0.2) is 0 Å². The third-order valence-corrected chi connectivity index (χ3v) is 4.03. The van der Waals surface area contributed by atoms with E-state index < -0.39 is 0 Å². The van der Waals surface area contributed by atoms with Crippen LogP contribution in [-0.4, -0.2) is 46.4 Å². The first kappa shape index (κ1) is 18.2. The van der Waals surface area contributed by atoms with Crippen molar-refractivity contribution in [1.82, 2.24) is 10.2 Å². The lowest BCUT2D eigenvalue weighted by molar-refractivity contribution is 0.151. The summed E-state index contributed by atoms with van der Waals surface area (Å²) in [6.45, 7) is 3.70. The molecule has 5 nitrogen and oxygen atoms in total. The lowest BCUT2D eigenvalue weighted by atomic mass is 9.97. The van der Waals surface area contributed by atoms with Crippen molar-refractivity contribution < 1.29 is 15.3 Å². The van der Waals surface area contributed by atoms with Gasteiger partial charge in [0.1, 0.15) is 17.2 Å². The predicted octanol–water partition coefficient (Wildman–Crippen LogP) is 2.00. The third kappa shape index (κ3) is 3.86. The standard InChI is InChI=1S/C14H20N2O3.2ClH/c17-10-7-11(18)13(12(19)8-10)14(9-1-2-9)16-5-3-15-4-6-16;;/h7-9,14-15,17-19H,1-6H2;2*1H/t14-;;/m1../s1.